The van der Waals surface area contributed by atoms with Gasteiger partial charge in [-0.3, -0.25) is 21.0 Å². The molecule has 1 unspecified atom stereocenters. The van der Waals surface area contributed by atoms with Crippen LogP contribution in [0.15, 0.2) is 24.3 Å². The van der Waals surface area contributed by atoms with Crippen molar-refractivity contribution in [3.8, 4) is 5.75 Å². The first kappa shape index (κ1) is 23.3. The Bertz CT molecular complexity index is 686. The number of methoxy groups -OCH3 is 1. The maximum Gasteiger partial charge on any atom is 0.230 e. The smallest absolute Gasteiger partial charge is 0.230 e. The number of nitrogens with one attached hydrogen (secondary N) is 4. The summed E-state index contributed by atoms with van der Waals surface area (Å²) in [5.41, 5.74) is 11.8. The average Bonchev–Trinajstić information content (AvgIpc) is 2.58. The lowest BCUT2D eigenvalue weighted by atomic mass is 10.1. The van der Waals surface area contributed by atoms with E-state index >= 15 is 0 Å². The summed E-state index contributed by atoms with van der Waals surface area (Å²) in [6.07, 6.45) is 0.569. The highest BCUT2D eigenvalue weighted by molar-refractivity contribution is 8.26. The lowest BCUT2D eigenvalue weighted by molar-refractivity contribution is -0.119. The number of thioether (sulfide) groups is 3. The van der Waals surface area contributed by atoms with Gasteiger partial charge in [0, 0.05) is 17.7 Å². The highest BCUT2D eigenvalue weighted by atomic mass is 32.2. The Labute approximate surface area is 171 Å². The number of nitrogens with two attached hydrogens (primary N) is 2. The van der Waals surface area contributed by atoms with Crippen molar-refractivity contribution in [3.05, 3.63) is 29.8 Å². The van der Waals surface area contributed by atoms with E-state index in [1.54, 1.807) is 31.0 Å². The highest BCUT2D eigenvalue weighted by Crippen LogP contribution is 2.18. The number of rotatable bonds is 9. The van der Waals surface area contributed by atoms with Crippen LogP contribution in [0.4, 0.5) is 0 Å². The third-order valence-electron chi connectivity index (χ3n) is 3.06. The molecule has 1 rings (SSSR count). The van der Waals surface area contributed by atoms with Crippen LogP contribution in [0.3, 0.4) is 0 Å². The van der Waals surface area contributed by atoms with Gasteiger partial charge in [-0.2, -0.15) is 11.8 Å². The van der Waals surface area contributed by atoms with Crippen molar-refractivity contribution >= 4 is 56.6 Å². The van der Waals surface area contributed by atoms with Crippen LogP contribution in [-0.4, -0.2) is 45.3 Å². The van der Waals surface area contributed by atoms with E-state index in [0.717, 1.165) is 29.1 Å². The summed E-state index contributed by atoms with van der Waals surface area (Å²) in [5.74, 6) is 1.58. The molecule has 1 atom stereocenters. The van der Waals surface area contributed by atoms with Gasteiger partial charge in [-0.15, -0.1) is 0 Å². The molecule has 11 heteroatoms. The molecule has 1 aromatic carbocycles. The van der Waals surface area contributed by atoms with Crippen LogP contribution in [0.1, 0.15) is 12.0 Å². The van der Waals surface area contributed by atoms with Crippen molar-refractivity contribution in [1.29, 1.82) is 16.2 Å². The third-order valence-corrected chi connectivity index (χ3v) is 5.83. The normalized spacial score (nSPS) is 11.5. The fourth-order valence-electron chi connectivity index (χ4n) is 1.95. The lowest BCUT2D eigenvalue weighted by Gasteiger charge is -2.10. The first-order valence-electron chi connectivity index (χ1n) is 7.91. The van der Waals surface area contributed by atoms with Gasteiger partial charge in [-0.1, -0.05) is 30.0 Å². The summed E-state index contributed by atoms with van der Waals surface area (Å²) < 4.78 is 5.20. The summed E-state index contributed by atoms with van der Waals surface area (Å²) in [6, 6.07) is 7.21. The van der Waals surface area contributed by atoms with Gasteiger partial charge < -0.3 is 21.5 Å². The van der Waals surface area contributed by atoms with Crippen LogP contribution in [0.5, 0.6) is 5.75 Å². The molecule has 27 heavy (non-hydrogen) atoms. The molecule has 148 valence electrons. The molecule has 8 N–H and O–H groups in total. The number of hydrogen-bond donors (Lipinski definition) is 6. The molecule has 0 fully saturated rings. The monoisotopic (exact) mass is 428 g/mol. The molecule has 0 heterocycles. The van der Waals surface area contributed by atoms with Crippen LogP contribution in [0, 0.1) is 16.2 Å². The van der Waals surface area contributed by atoms with E-state index in [9.17, 15) is 4.79 Å². The predicted molar refractivity (Wildman–Crippen MR) is 117 cm³/mol. The van der Waals surface area contributed by atoms with Gasteiger partial charge in [-0.05, 0) is 23.6 Å². The fraction of sp³-hybridized carbons (Fsp3) is 0.375. The van der Waals surface area contributed by atoms with Gasteiger partial charge in [0.15, 0.2) is 10.3 Å². The topological polar surface area (TPSA) is 162 Å². The number of benzene rings is 1. The molecule has 0 saturated heterocycles. The van der Waals surface area contributed by atoms with E-state index in [4.69, 9.17) is 32.4 Å². The molecule has 8 nitrogen and oxygen atoms in total. The molecule has 0 aromatic heterocycles. The molecule has 1 amide bonds. The largest absolute Gasteiger partial charge is 0.496 e. The Morgan fingerprint density at radius 1 is 1.30 bits per heavy atom. The van der Waals surface area contributed by atoms with Crippen LogP contribution in [0.2, 0.25) is 0 Å². The van der Waals surface area contributed by atoms with E-state index in [0.29, 0.717) is 23.7 Å². The second-order valence-corrected chi connectivity index (χ2v) is 8.77. The van der Waals surface area contributed by atoms with Gasteiger partial charge in [0.25, 0.3) is 0 Å². The quantitative estimate of drug-likeness (QED) is 0.152. The van der Waals surface area contributed by atoms with E-state index in [-0.39, 0.29) is 33.1 Å². The van der Waals surface area contributed by atoms with Gasteiger partial charge in [-0.25, -0.2) is 0 Å². The first-order chi connectivity index (χ1) is 12.8. The highest BCUT2D eigenvalue weighted by Gasteiger charge is 2.12. The molecule has 0 bridgehead atoms. The summed E-state index contributed by atoms with van der Waals surface area (Å²) in [4.78, 5) is 12.1. The molecule has 0 radical (unpaired) electrons. The Morgan fingerprint density at radius 2 is 2.00 bits per heavy atom. The Hall–Kier alpha value is -1.69. The second-order valence-electron chi connectivity index (χ2n) is 5.24. The number of ether oxygens (including phenoxy) is 1. The molecule has 0 aliphatic heterocycles. The van der Waals surface area contributed by atoms with Crippen molar-refractivity contribution in [3.63, 3.8) is 0 Å². The van der Waals surface area contributed by atoms with Crippen LogP contribution in [-0.2, 0) is 11.2 Å². The molecule has 0 spiro atoms. The maximum atomic E-state index is 12.1. The zero-order valence-electron chi connectivity index (χ0n) is 14.9. The van der Waals surface area contributed by atoms with Crippen LogP contribution >= 0.6 is 35.3 Å². The summed E-state index contributed by atoms with van der Waals surface area (Å²) in [5, 5.41) is 25.3. The van der Waals surface area contributed by atoms with Crippen molar-refractivity contribution in [2.24, 2.45) is 11.5 Å². The third kappa shape index (κ3) is 10.3. The standard InChI is InChI=1S/C16H24N6O2S3/c1-24-11-5-3-2-4-10(11)8-14(23)22-16(21)27-12(17)6-7-25-9-13(18)26-15(19)20/h2-5,13,17H,6-9,18H2,1H3,(H3,19,20)(H2,21,22,23). The number of amides is 1. The number of carbonyl (C=O) groups is 1. The second kappa shape index (κ2) is 12.7. The minimum atomic E-state index is -0.327. The van der Waals surface area contributed by atoms with Gasteiger partial charge in [0.05, 0.1) is 23.9 Å². The Morgan fingerprint density at radius 3 is 2.67 bits per heavy atom. The van der Waals surface area contributed by atoms with E-state index in [1.165, 1.54) is 0 Å². The van der Waals surface area contributed by atoms with Gasteiger partial charge in [0.1, 0.15) is 5.75 Å². The lowest BCUT2D eigenvalue weighted by Crippen LogP contribution is -2.30. The number of amidine groups is 2. The molecule has 0 aliphatic carbocycles. The van der Waals surface area contributed by atoms with Crippen molar-refractivity contribution < 1.29 is 9.53 Å². The number of carbonyl (C=O) groups excluding carboxylic acids is 1. The predicted octanol–water partition coefficient (Wildman–Crippen LogP) is 2.03. The van der Waals surface area contributed by atoms with Crippen molar-refractivity contribution in [1.82, 2.24) is 5.32 Å². The van der Waals surface area contributed by atoms with Crippen molar-refractivity contribution in [2.45, 2.75) is 18.2 Å². The fourth-order valence-corrected chi connectivity index (χ4v) is 4.33. The van der Waals surface area contributed by atoms with Crippen molar-refractivity contribution in [2.75, 3.05) is 18.6 Å². The number of hydrogen-bond acceptors (Lipinski definition) is 9. The zero-order chi connectivity index (χ0) is 20.2. The maximum absolute atomic E-state index is 12.1. The van der Waals surface area contributed by atoms with E-state index < -0.39 is 0 Å². The molecular formula is C16H24N6O2S3. The SMILES string of the molecule is COc1ccccc1CC(=O)NC(=N)SC(=N)CCSCC(N)SC(=N)N. The molecule has 0 saturated carbocycles. The summed E-state index contributed by atoms with van der Waals surface area (Å²) in [7, 11) is 1.54. The van der Waals surface area contributed by atoms with Crippen LogP contribution < -0.4 is 21.5 Å². The first-order valence-corrected chi connectivity index (χ1v) is 10.8. The van der Waals surface area contributed by atoms with Gasteiger partial charge in [0.2, 0.25) is 5.91 Å². The minimum Gasteiger partial charge on any atom is -0.496 e. The van der Waals surface area contributed by atoms with E-state index in [2.05, 4.69) is 5.32 Å². The molecule has 0 aliphatic rings. The average molecular weight is 429 g/mol. The Balaban J connectivity index is 2.28. The summed E-state index contributed by atoms with van der Waals surface area (Å²) >= 11 is 3.57. The van der Waals surface area contributed by atoms with Crippen LogP contribution in [0.25, 0.3) is 0 Å². The molecular weight excluding hydrogens is 404 g/mol. The molecule has 1 aromatic rings. The zero-order valence-corrected chi connectivity index (χ0v) is 17.4. The van der Waals surface area contributed by atoms with Gasteiger partial charge >= 0.3 is 0 Å². The minimum absolute atomic E-state index is 0.0105. The Kier molecular flexibility index (Phi) is 10.9. The van der Waals surface area contributed by atoms with E-state index in [1.807, 2.05) is 12.1 Å². The number of para-hydroxylation sites is 1. The summed E-state index contributed by atoms with van der Waals surface area (Å²) in [6.45, 7) is 0.